The Balaban J connectivity index is 1.66. The molecule has 5 nitrogen and oxygen atoms in total. The molecule has 0 saturated heterocycles. The summed E-state index contributed by atoms with van der Waals surface area (Å²) in [5, 5.41) is 12.1. The third-order valence-electron chi connectivity index (χ3n) is 7.24. The van der Waals surface area contributed by atoms with Crippen LogP contribution in [0.4, 0.5) is 0 Å². The summed E-state index contributed by atoms with van der Waals surface area (Å²) in [4.78, 5) is 0. The smallest absolute Gasteiger partial charge is 0.115 e. The van der Waals surface area contributed by atoms with Crippen LogP contribution in [0.25, 0.3) is 0 Å². The van der Waals surface area contributed by atoms with Crippen LogP contribution in [-0.4, -0.2) is 52.2 Å². The van der Waals surface area contributed by atoms with Gasteiger partial charge in [0.15, 0.2) is 0 Å². The molecule has 0 aliphatic heterocycles. The number of benzene rings is 4. The maximum atomic E-state index is 12.1. The van der Waals surface area contributed by atoms with Gasteiger partial charge >= 0.3 is 0 Å². The molecule has 4 atom stereocenters. The molecule has 45 heavy (non-hydrogen) atoms. The van der Waals surface area contributed by atoms with Gasteiger partial charge in [-0.05, 0) is 33.8 Å². The standard InChI is InChI=1S/C38H46O5S2/c1-3-44-38(45-4-2)35(39)37(43-28-33-23-15-8-16-24-33)36(42-27-32-21-13-7-14-22-32)34(41-26-31-19-11-6-12-20-31)29-40-25-30-17-9-5-10-18-30/h5-24,34-39H,3-4,25-29H2,1-2H3/t34-,35-,36-,37-/m1/s1. The minimum Gasteiger partial charge on any atom is -0.388 e. The SMILES string of the molecule is CCSC(SCC)[C@H](O)[C@@H](OCc1ccccc1)[C@H](OCc1ccccc1)[C@@H](COCc1ccccc1)OCc1ccccc1. The van der Waals surface area contributed by atoms with Gasteiger partial charge in [0.1, 0.15) is 24.4 Å². The van der Waals surface area contributed by atoms with Crippen LogP contribution in [0.2, 0.25) is 0 Å². The monoisotopic (exact) mass is 646 g/mol. The molecule has 1 N–H and O–H groups in total. The summed E-state index contributed by atoms with van der Waals surface area (Å²) in [5.41, 5.74) is 4.20. The lowest BCUT2D eigenvalue weighted by Crippen LogP contribution is -2.52. The molecule has 0 fully saturated rings. The van der Waals surface area contributed by atoms with Crippen LogP contribution in [0.5, 0.6) is 0 Å². The number of aliphatic hydroxyl groups excluding tert-OH is 1. The minimum atomic E-state index is -0.818. The van der Waals surface area contributed by atoms with Gasteiger partial charge < -0.3 is 24.1 Å². The fourth-order valence-electron chi connectivity index (χ4n) is 4.95. The Morgan fingerprint density at radius 3 is 1.31 bits per heavy atom. The normalized spacial score (nSPS) is 14.2. The summed E-state index contributed by atoms with van der Waals surface area (Å²) in [5.74, 6) is 1.76. The number of rotatable bonds is 21. The van der Waals surface area contributed by atoms with Gasteiger partial charge in [-0.3, -0.25) is 0 Å². The van der Waals surface area contributed by atoms with Crippen molar-refractivity contribution in [3.05, 3.63) is 144 Å². The lowest BCUT2D eigenvalue weighted by molar-refractivity contribution is -0.188. The number of thioether (sulfide) groups is 2. The van der Waals surface area contributed by atoms with Crippen molar-refractivity contribution in [2.24, 2.45) is 0 Å². The molecule has 0 amide bonds. The van der Waals surface area contributed by atoms with Crippen molar-refractivity contribution in [3.8, 4) is 0 Å². The van der Waals surface area contributed by atoms with E-state index in [1.54, 1.807) is 23.5 Å². The van der Waals surface area contributed by atoms with E-state index in [9.17, 15) is 5.11 Å². The predicted molar refractivity (Wildman–Crippen MR) is 187 cm³/mol. The zero-order valence-electron chi connectivity index (χ0n) is 26.3. The van der Waals surface area contributed by atoms with E-state index in [1.807, 2.05) is 121 Å². The lowest BCUT2D eigenvalue weighted by atomic mass is 10.0. The molecule has 0 bridgehead atoms. The second-order valence-corrected chi connectivity index (χ2v) is 13.8. The molecule has 4 rings (SSSR count). The third kappa shape index (κ3) is 12.2. The summed E-state index contributed by atoms with van der Waals surface area (Å²) in [6.07, 6.45) is -2.65. The zero-order chi connectivity index (χ0) is 31.5. The Hall–Kier alpha value is -2.62. The van der Waals surface area contributed by atoms with Crippen LogP contribution in [0, 0.1) is 0 Å². The van der Waals surface area contributed by atoms with Gasteiger partial charge in [-0.1, -0.05) is 135 Å². The summed E-state index contributed by atoms with van der Waals surface area (Å²) in [6, 6.07) is 40.4. The highest BCUT2D eigenvalue weighted by molar-refractivity contribution is 8.17. The van der Waals surface area contributed by atoms with E-state index in [0.717, 1.165) is 33.8 Å². The van der Waals surface area contributed by atoms with Crippen molar-refractivity contribution in [1.29, 1.82) is 0 Å². The zero-order valence-corrected chi connectivity index (χ0v) is 27.9. The molecule has 4 aromatic rings. The highest BCUT2D eigenvalue weighted by Crippen LogP contribution is 2.32. The number of aliphatic hydroxyl groups is 1. The molecule has 0 aliphatic rings. The topological polar surface area (TPSA) is 57.2 Å². The van der Waals surface area contributed by atoms with Gasteiger partial charge in [-0.25, -0.2) is 0 Å². The molecule has 240 valence electrons. The Kier molecular flexibility index (Phi) is 16.0. The average molecular weight is 647 g/mol. The van der Waals surface area contributed by atoms with Crippen molar-refractivity contribution in [2.75, 3.05) is 18.1 Å². The van der Waals surface area contributed by atoms with E-state index in [2.05, 4.69) is 13.8 Å². The molecule has 0 unspecified atom stereocenters. The average Bonchev–Trinajstić information content (AvgIpc) is 3.09. The van der Waals surface area contributed by atoms with E-state index in [-0.39, 0.29) is 11.2 Å². The van der Waals surface area contributed by atoms with Crippen LogP contribution in [-0.2, 0) is 45.4 Å². The second kappa shape index (κ2) is 20.5. The molecular formula is C38H46O5S2. The minimum absolute atomic E-state index is 0.0939. The van der Waals surface area contributed by atoms with Crippen molar-refractivity contribution >= 4 is 23.5 Å². The molecule has 4 aromatic carbocycles. The van der Waals surface area contributed by atoms with Gasteiger partial charge in [0.05, 0.1) is 37.6 Å². The number of hydrogen-bond acceptors (Lipinski definition) is 7. The van der Waals surface area contributed by atoms with E-state index in [0.29, 0.717) is 26.4 Å². The first-order chi connectivity index (χ1) is 22.2. The van der Waals surface area contributed by atoms with Crippen LogP contribution in [0.1, 0.15) is 36.1 Å². The summed E-state index contributed by atoms with van der Waals surface area (Å²) >= 11 is 3.47. The van der Waals surface area contributed by atoms with Gasteiger partial charge in [-0.2, -0.15) is 0 Å². The van der Waals surface area contributed by atoms with Gasteiger partial charge in [0.25, 0.3) is 0 Å². The maximum absolute atomic E-state index is 12.1. The molecule has 0 aliphatic carbocycles. The first kappa shape index (κ1) is 35.2. The Labute approximate surface area is 277 Å². The molecular weight excluding hydrogens is 601 g/mol. The molecule has 0 radical (unpaired) electrons. The van der Waals surface area contributed by atoms with E-state index in [1.165, 1.54) is 0 Å². The Bertz CT molecular complexity index is 1290. The van der Waals surface area contributed by atoms with Crippen LogP contribution >= 0.6 is 23.5 Å². The molecule has 0 aromatic heterocycles. The van der Waals surface area contributed by atoms with Crippen molar-refractivity contribution < 1.29 is 24.1 Å². The molecule has 0 heterocycles. The van der Waals surface area contributed by atoms with Crippen molar-refractivity contribution in [3.63, 3.8) is 0 Å². The van der Waals surface area contributed by atoms with Crippen LogP contribution in [0.3, 0.4) is 0 Å². The molecule has 0 spiro atoms. The summed E-state index contributed by atoms with van der Waals surface area (Å²) in [6.45, 7) is 6.01. The largest absolute Gasteiger partial charge is 0.388 e. The van der Waals surface area contributed by atoms with E-state index < -0.39 is 24.4 Å². The lowest BCUT2D eigenvalue weighted by Gasteiger charge is -2.38. The van der Waals surface area contributed by atoms with Crippen LogP contribution < -0.4 is 0 Å². The predicted octanol–water partition coefficient (Wildman–Crippen LogP) is 8.15. The first-order valence-electron chi connectivity index (χ1n) is 15.7. The van der Waals surface area contributed by atoms with Crippen molar-refractivity contribution in [1.82, 2.24) is 0 Å². The number of hydrogen-bond donors (Lipinski definition) is 1. The van der Waals surface area contributed by atoms with E-state index >= 15 is 0 Å². The summed E-state index contributed by atoms with van der Waals surface area (Å²) < 4.78 is 26.3. The fourth-order valence-corrected chi connectivity index (χ4v) is 7.51. The Morgan fingerprint density at radius 1 is 0.511 bits per heavy atom. The molecule has 7 heteroatoms. The molecule has 0 saturated carbocycles. The van der Waals surface area contributed by atoms with Gasteiger partial charge in [-0.15, -0.1) is 23.5 Å². The second-order valence-electron chi connectivity index (χ2n) is 10.6. The van der Waals surface area contributed by atoms with E-state index in [4.69, 9.17) is 18.9 Å². The third-order valence-corrected chi connectivity index (χ3v) is 9.94. The Morgan fingerprint density at radius 2 is 0.889 bits per heavy atom. The quantitative estimate of drug-likeness (QED) is 0.0917. The fraction of sp³-hybridized carbons (Fsp3) is 0.368. The first-order valence-corrected chi connectivity index (χ1v) is 17.8. The van der Waals surface area contributed by atoms with Crippen LogP contribution in [0.15, 0.2) is 121 Å². The maximum Gasteiger partial charge on any atom is 0.115 e. The highest BCUT2D eigenvalue weighted by Gasteiger charge is 2.40. The highest BCUT2D eigenvalue weighted by atomic mass is 32.2. The number of ether oxygens (including phenoxy) is 4. The van der Waals surface area contributed by atoms with Gasteiger partial charge in [0, 0.05) is 0 Å². The summed E-state index contributed by atoms with van der Waals surface area (Å²) in [7, 11) is 0. The van der Waals surface area contributed by atoms with Crippen molar-refractivity contribution in [2.45, 2.75) is 69.3 Å². The van der Waals surface area contributed by atoms with Gasteiger partial charge in [0.2, 0.25) is 0 Å².